The zero-order chi connectivity index (χ0) is 14.8. The number of rotatable bonds is 3. The SMILES string of the molecule is Cc1nc(-c2ccc(-c3ccccc3)cc2)sc1C(=O)O. The second-order valence-electron chi connectivity index (χ2n) is 4.68. The highest BCUT2D eigenvalue weighted by molar-refractivity contribution is 7.17. The lowest BCUT2D eigenvalue weighted by atomic mass is 10.0. The molecule has 3 rings (SSSR count). The predicted molar refractivity (Wildman–Crippen MR) is 84.7 cm³/mol. The number of benzene rings is 2. The Morgan fingerprint density at radius 3 is 2.10 bits per heavy atom. The lowest BCUT2D eigenvalue weighted by Gasteiger charge is -2.02. The molecule has 0 saturated heterocycles. The molecule has 4 heteroatoms. The molecule has 0 aliphatic heterocycles. The quantitative estimate of drug-likeness (QED) is 0.775. The Bertz CT molecular complexity index is 776. The maximum atomic E-state index is 11.1. The Hall–Kier alpha value is -2.46. The first-order chi connectivity index (χ1) is 10.1. The first kappa shape index (κ1) is 13.5. The van der Waals surface area contributed by atoms with Crippen molar-refractivity contribution in [3.8, 4) is 21.7 Å². The molecule has 0 fully saturated rings. The van der Waals surface area contributed by atoms with Crippen LogP contribution in [0.4, 0.5) is 0 Å². The van der Waals surface area contributed by atoms with Gasteiger partial charge in [-0.25, -0.2) is 9.78 Å². The number of carboxylic acid groups (broad SMARTS) is 1. The van der Waals surface area contributed by atoms with Crippen LogP contribution in [0.15, 0.2) is 54.6 Å². The zero-order valence-electron chi connectivity index (χ0n) is 11.4. The Kier molecular flexibility index (Phi) is 3.54. The maximum absolute atomic E-state index is 11.1. The van der Waals surface area contributed by atoms with Gasteiger partial charge in [0.1, 0.15) is 9.88 Å². The number of thiazole rings is 1. The molecule has 0 aliphatic rings. The summed E-state index contributed by atoms with van der Waals surface area (Å²) in [6, 6.07) is 18.1. The van der Waals surface area contributed by atoms with Gasteiger partial charge in [-0.2, -0.15) is 0 Å². The van der Waals surface area contributed by atoms with Crippen LogP contribution in [0.2, 0.25) is 0 Å². The molecule has 21 heavy (non-hydrogen) atoms. The van der Waals surface area contributed by atoms with Gasteiger partial charge in [-0.3, -0.25) is 0 Å². The van der Waals surface area contributed by atoms with Crippen LogP contribution in [-0.2, 0) is 0 Å². The smallest absolute Gasteiger partial charge is 0.347 e. The minimum Gasteiger partial charge on any atom is -0.477 e. The van der Waals surface area contributed by atoms with Crippen molar-refractivity contribution in [2.75, 3.05) is 0 Å². The third-order valence-electron chi connectivity index (χ3n) is 3.23. The molecular formula is C17H13NO2S. The summed E-state index contributed by atoms with van der Waals surface area (Å²) in [6.45, 7) is 1.72. The van der Waals surface area contributed by atoms with Crippen LogP contribution in [0.25, 0.3) is 21.7 Å². The van der Waals surface area contributed by atoms with Gasteiger partial charge in [0.05, 0.1) is 5.69 Å². The molecule has 0 spiro atoms. The Labute approximate surface area is 126 Å². The minimum atomic E-state index is -0.919. The molecule has 3 aromatic rings. The van der Waals surface area contributed by atoms with Gasteiger partial charge in [0.25, 0.3) is 0 Å². The van der Waals surface area contributed by atoms with E-state index in [1.807, 2.05) is 42.5 Å². The average molecular weight is 295 g/mol. The summed E-state index contributed by atoms with van der Waals surface area (Å²) < 4.78 is 0. The molecule has 0 unspecified atom stereocenters. The first-order valence-corrected chi connectivity index (χ1v) is 7.33. The van der Waals surface area contributed by atoms with Gasteiger partial charge in [0.15, 0.2) is 0 Å². The molecule has 2 aromatic carbocycles. The van der Waals surface area contributed by atoms with Crippen LogP contribution in [-0.4, -0.2) is 16.1 Å². The van der Waals surface area contributed by atoms with E-state index in [-0.39, 0.29) is 0 Å². The summed E-state index contributed by atoms with van der Waals surface area (Å²) >= 11 is 1.21. The van der Waals surface area contributed by atoms with E-state index in [1.54, 1.807) is 6.92 Å². The molecular weight excluding hydrogens is 282 g/mol. The normalized spacial score (nSPS) is 10.5. The first-order valence-electron chi connectivity index (χ1n) is 6.52. The fraction of sp³-hybridized carbons (Fsp3) is 0.0588. The molecule has 0 amide bonds. The molecule has 1 N–H and O–H groups in total. The number of carbonyl (C=O) groups is 1. The van der Waals surface area contributed by atoms with Crippen molar-refractivity contribution in [3.63, 3.8) is 0 Å². The lowest BCUT2D eigenvalue weighted by molar-refractivity contribution is 0.0701. The number of aromatic carboxylic acids is 1. The average Bonchev–Trinajstić information content (AvgIpc) is 2.90. The Balaban J connectivity index is 1.94. The molecule has 3 nitrogen and oxygen atoms in total. The lowest BCUT2D eigenvalue weighted by Crippen LogP contribution is -1.94. The van der Waals surface area contributed by atoms with Crippen LogP contribution < -0.4 is 0 Å². The van der Waals surface area contributed by atoms with Gasteiger partial charge >= 0.3 is 5.97 Å². The molecule has 0 radical (unpaired) electrons. The second-order valence-corrected chi connectivity index (χ2v) is 5.68. The third-order valence-corrected chi connectivity index (χ3v) is 4.42. The standard InChI is InChI=1S/C17H13NO2S/c1-11-15(17(19)20)21-16(18-11)14-9-7-13(8-10-14)12-5-3-2-4-6-12/h2-10H,1H3,(H,19,20). The van der Waals surface area contributed by atoms with Gasteiger partial charge < -0.3 is 5.11 Å². The highest BCUT2D eigenvalue weighted by Gasteiger charge is 2.14. The van der Waals surface area contributed by atoms with Crippen molar-refractivity contribution < 1.29 is 9.90 Å². The number of hydrogen-bond donors (Lipinski definition) is 1. The highest BCUT2D eigenvalue weighted by atomic mass is 32.1. The summed E-state index contributed by atoms with van der Waals surface area (Å²) in [6.07, 6.45) is 0. The van der Waals surface area contributed by atoms with Crippen LogP contribution in [0.5, 0.6) is 0 Å². The molecule has 104 valence electrons. The van der Waals surface area contributed by atoms with E-state index in [9.17, 15) is 4.79 Å². The highest BCUT2D eigenvalue weighted by Crippen LogP contribution is 2.29. The number of hydrogen-bond acceptors (Lipinski definition) is 3. The number of aryl methyl sites for hydroxylation is 1. The monoisotopic (exact) mass is 295 g/mol. The second kappa shape index (κ2) is 5.50. The van der Waals surface area contributed by atoms with Gasteiger partial charge in [0, 0.05) is 5.56 Å². The van der Waals surface area contributed by atoms with E-state index >= 15 is 0 Å². The molecule has 1 aromatic heterocycles. The van der Waals surface area contributed by atoms with E-state index in [2.05, 4.69) is 17.1 Å². The topological polar surface area (TPSA) is 50.2 Å². The van der Waals surface area contributed by atoms with E-state index in [0.29, 0.717) is 10.6 Å². The Morgan fingerprint density at radius 2 is 1.52 bits per heavy atom. The molecule has 0 saturated carbocycles. The van der Waals surface area contributed by atoms with Gasteiger partial charge in [-0.05, 0) is 18.1 Å². The van der Waals surface area contributed by atoms with E-state index in [0.717, 1.165) is 21.7 Å². The Morgan fingerprint density at radius 1 is 0.952 bits per heavy atom. The number of nitrogens with zero attached hydrogens (tertiary/aromatic N) is 1. The molecule has 0 aliphatic carbocycles. The van der Waals surface area contributed by atoms with E-state index in [4.69, 9.17) is 5.11 Å². The van der Waals surface area contributed by atoms with E-state index < -0.39 is 5.97 Å². The van der Waals surface area contributed by atoms with Crippen LogP contribution in [0.3, 0.4) is 0 Å². The molecule has 0 bridgehead atoms. The van der Waals surface area contributed by atoms with Gasteiger partial charge in [-0.1, -0.05) is 54.6 Å². The van der Waals surface area contributed by atoms with Crippen molar-refractivity contribution in [2.45, 2.75) is 6.92 Å². The molecule has 1 heterocycles. The van der Waals surface area contributed by atoms with Crippen LogP contribution in [0, 0.1) is 6.92 Å². The largest absolute Gasteiger partial charge is 0.477 e. The van der Waals surface area contributed by atoms with Crippen LogP contribution in [0.1, 0.15) is 15.4 Å². The minimum absolute atomic E-state index is 0.303. The summed E-state index contributed by atoms with van der Waals surface area (Å²) in [5, 5.41) is 9.83. The third kappa shape index (κ3) is 2.71. The summed E-state index contributed by atoms with van der Waals surface area (Å²) in [5.41, 5.74) is 3.79. The summed E-state index contributed by atoms with van der Waals surface area (Å²) in [4.78, 5) is 15.7. The van der Waals surface area contributed by atoms with Crippen LogP contribution >= 0.6 is 11.3 Å². The summed E-state index contributed by atoms with van der Waals surface area (Å²) in [5.74, 6) is -0.919. The number of carboxylic acids is 1. The summed E-state index contributed by atoms with van der Waals surface area (Å²) in [7, 11) is 0. The zero-order valence-corrected chi connectivity index (χ0v) is 12.2. The van der Waals surface area contributed by atoms with Crippen molar-refractivity contribution in [3.05, 3.63) is 65.2 Å². The maximum Gasteiger partial charge on any atom is 0.347 e. The predicted octanol–water partition coefficient (Wildman–Crippen LogP) is 4.48. The van der Waals surface area contributed by atoms with Crippen molar-refractivity contribution >= 4 is 17.3 Å². The van der Waals surface area contributed by atoms with Crippen molar-refractivity contribution in [2.24, 2.45) is 0 Å². The fourth-order valence-corrected chi connectivity index (χ4v) is 3.06. The van der Waals surface area contributed by atoms with Gasteiger partial charge in [-0.15, -0.1) is 11.3 Å². The van der Waals surface area contributed by atoms with E-state index in [1.165, 1.54) is 11.3 Å². The molecule has 0 atom stereocenters. The van der Waals surface area contributed by atoms with Crippen molar-refractivity contribution in [1.29, 1.82) is 0 Å². The fourth-order valence-electron chi connectivity index (χ4n) is 2.15. The van der Waals surface area contributed by atoms with Gasteiger partial charge in [0.2, 0.25) is 0 Å². The number of aromatic nitrogens is 1. The van der Waals surface area contributed by atoms with Crippen molar-refractivity contribution in [1.82, 2.24) is 4.98 Å².